The van der Waals surface area contributed by atoms with Crippen molar-refractivity contribution in [3.8, 4) is 0 Å². The van der Waals surface area contributed by atoms with E-state index in [9.17, 15) is 15.0 Å². The van der Waals surface area contributed by atoms with Crippen molar-refractivity contribution < 1.29 is 19.7 Å². The average molecular weight is 599 g/mol. The molecule has 6 rings (SSSR count). The summed E-state index contributed by atoms with van der Waals surface area (Å²) in [5, 5.41) is 37.7. The quantitative estimate of drug-likeness (QED) is 0.122. The number of anilines is 2. The van der Waals surface area contributed by atoms with Crippen LogP contribution in [0.2, 0.25) is 0 Å². The third-order valence-corrected chi connectivity index (χ3v) is 7.52. The van der Waals surface area contributed by atoms with Crippen LogP contribution in [-0.4, -0.2) is 88.8 Å². The number of rotatable bonds is 12. The second-order valence-electron chi connectivity index (χ2n) is 10.4. The van der Waals surface area contributed by atoms with Gasteiger partial charge in [0.15, 0.2) is 35.1 Å². The van der Waals surface area contributed by atoms with Gasteiger partial charge in [-0.25, -0.2) is 9.97 Å². The molecule has 14 heteroatoms. The van der Waals surface area contributed by atoms with Gasteiger partial charge in [-0.3, -0.25) is 14.5 Å². The molecule has 5 aromatic rings. The number of aliphatic hydroxyl groups excluding tert-OH is 2. The minimum absolute atomic E-state index is 0.0135. The maximum Gasteiger partial charge on any atom is 0.252 e. The van der Waals surface area contributed by atoms with Gasteiger partial charge in [0, 0.05) is 32.0 Å². The van der Waals surface area contributed by atoms with Gasteiger partial charge in [0.25, 0.3) is 5.91 Å². The summed E-state index contributed by atoms with van der Waals surface area (Å²) in [5.41, 5.74) is 3.07. The first-order valence-corrected chi connectivity index (χ1v) is 14.5. The van der Waals surface area contributed by atoms with E-state index in [0.29, 0.717) is 54.8 Å². The smallest absolute Gasteiger partial charge is 0.252 e. The molecule has 0 saturated carbocycles. The highest BCUT2D eigenvalue weighted by molar-refractivity contribution is 5.85. The number of imidazole rings is 1. The van der Waals surface area contributed by atoms with Crippen molar-refractivity contribution in [3.63, 3.8) is 0 Å². The molecule has 0 radical (unpaired) electrons. The zero-order chi connectivity index (χ0) is 30.5. The number of carbonyl (C=O) groups is 1. The van der Waals surface area contributed by atoms with Gasteiger partial charge in [-0.15, -0.1) is 0 Å². The van der Waals surface area contributed by atoms with E-state index in [1.54, 1.807) is 6.92 Å². The molecule has 228 valence electrons. The Morgan fingerprint density at radius 1 is 1.00 bits per heavy atom. The molecule has 1 amide bonds. The van der Waals surface area contributed by atoms with E-state index in [2.05, 4.69) is 65.4 Å². The van der Waals surface area contributed by atoms with Crippen molar-refractivity contribution in [1.82, 2.24) is 40.0 Å². The molecule has 2 aromatic carbocycles. The lowest BCUT2D eigenvalue weighted by atomic mass is 9.91. The van der Waals surface area contributed by atoms with Crippen LogP contribution < -0.4 is 16.0 Å². The summed E-state index contributed by atoms with van der Waals surface area (Å²) < 4.78 is 7.38. The Balaban J connectivity index is 1.33. The lowest BCUT2D eigenvalue weighted by Crippen LogP contribution is -2.42. The largest absolute Gasteiger partial charge is 0.387 e. The first-order chi connectivity index (χ1) is 21.5. The van der Waals surface area contributed by atoms with Gasteiger partial charge in [-0.2, -0.15) is 15.1 Å². The lowest BCUT2D eigenvalue weighted by Gasteiger charge is -2.20. The van der Waals surface area contributed by atoms with Gasteiger partial charge < -0.3 is 30.9 Å². The Morgan fingerprint density at radius 2 is 1.73 bits per heavy atom. The van der Waals surface area contributed by atoms with Crippen LogP contribution in [0.25, 0.3) is 11.2 Å². The highest BCUT2D eigenvalue weighted by atomic mass is 16.6. The highest BCUT2D eigenvalue weighted by Gasteiger charge is 2.47. The fraction of sp³-hybridized carbons (Fsp3) is 0.333. The van der Waals surface area contributed by atoms with E-state index < -0.39 is 30.4 Å². The van der Waals surface area contributed by atoms with Crippen LogP contribution in [0.3, 0.4) is 0 Å². The molecule has 0 aliphatic carbocycles. The minimum atomic E-state index is -1.43. The third-order valence-electron chi connectivity index (χ3n) is 7.52. The number of benzene rings is 2. The van der Waals surface area contributed by atoms with Crippen LogP contribution in [0.4, 0.5) is 11.8 Å². The molecule has 4 heterocycles. The summed E-state index contributed by atoms with van der Waals surface area (Å²) >= 11 is 0. The fourth-order valence-electron chi connectivity index (χ4n) is 5.33. The van der Waals surface area contributed by atoms with Crippen molar-refractivity contribution in [1.29, 1.82) is 0 Å². The van der Waals surface area contributed by atoms with Crippen molar-refractivity contribution in [3.05, 3.63) is 90.3 Å². The standard InChI is InChI=1S/C30H34N10O4/c1-2-31-28(43)25-23(41)24(42)29(44-25)40-17-35-22-26(37-30(38-27(22)40)32-14-13-21-34-16-36-39-21)33-15-20(18-9-5-3-6-10-18)19-11-7-4-8-12-19/h3-12,16-17,20,23-25,29,41-42H,2,13-15H2,1H3,(H,31,43)(H,34,36,39)(H2,32,33,37,38)/t23-,24+,25-,29+/m0/s1. The fourth-order valence-corrected chi connectivity index (χ4v) is 5.33. The number of hydrogen-bond donors (Lipinski definition) is 6. The average Bonchev–Trinajstić information content (AvgIpc) is 3.79. The molecular formula is C30H34N10O4. The zero-order valence-electron chi connectivity index (χ0n) is 24.0. The van der Waals surface area contributed by atoms with Gasteiger partial charge in [0.05, 0.1) is 6.33 Å². The number of aromatic nitrogens is 7. The van der Waals surface area contributed by atoms with Crippen LogP contribution >= 0.6 is 0 Å². The van der Waals surface area contributed by atoms with Crippen molar-refractivity contribution >= 4 is 28.8 Å². The van der Waals surface area contributed by atoms with Crippen LogP contribution in [-0.2, 0) is 16.0 Å². The topological polar surface area (TPSA) is 188 Å². The number of nitrogens with zero attached hydrogens (tertiary/aromatic N) is 6. The number of H-pyrrole nitrogens is 1. The van der Waals surface area contributed by atoms with Gasteiger partial charge >= 0.3 is 0 Å². The summed E-state index contributed by atoms with van der Waals surface area (Å²) in [4.78, 5) is 30.6. The van der Waals surface area contributed by atoms with E-state index in [4.69, 9.17) is 9.72 Å². The maximum absolute atomic E-state index is 12.5. The predicted octanol–water partition coefficient (Wildman–Crippen LogP) is 1.60. The van der Waals surface area contributed by atoms with Crippen LogP contribution in [0, 0.1) is 0 Å². The number of likely N-dealkylation sites (N-methyl/N-ethyl adjacent to an activating group) is 1. The highest BCUT2D eigenvalue weighted by Crippen LogP contribution is 2.33. The molecule has 14 nitrogen and oxygen atoms in total. The van der Waals surface area contributed by atoms with Gasteiger partial charge in [0.1, 0.15) is 18.5 Å². The molecule has 1 fully saturated rings. The maximum atomic E-state index is 12.5. The summed E-state index contributed by atoms with van der Waals surface area (Å²) in [6, 6.07) is 20.4. The Kier molecular flexibility index (Phi) is 8.72. The third kappa shape index (κ3) is 6.08. The van der Waals surface area contributed by atoms with Gasteiger partial charge in [-0.1, -0.05) is 60.7 Å². The minimum Gasteiger partial charge on any atom is -0.387 e. The second-order valence-corrected chi connectivity index (χ2v) is 10.4. The van der Waals surface area contributed by atoms with Gasteiger partial charge in [0.2, 0.25) is 5.95 Å². The Hall–Kier alpha value is -4.92. The van der Waals surface area contributed by atoms with E-state index in [-0.39, 0.29) is 5.92 Å². The Morgan fingerprint density at radius 3 is 2.39 bits per heavy atom. The molecule has 44 heavy (non-hydrogen) atoms. The molecule has 0 spiro atoms. The molecule has 6 N–H and O–H groups in total. The number of aromatic amines is 1. The summed E-state index contributed by atoms with van der Waals surface area (Å²) in [5.74, 6) is 0.925. The van der Waals surface area contributed by atoms with E-state index >= 15 is 0 Å². The van der Waals surface area contributed by atoms with E-state index in [1.807, 2.05) is 36.4 Å². The van der Waals surface area contributed by atoms with Crippen LogP contribution in [0.1, 0.15) is 36.0 Å². The number of aliphatic hydroxyl groups is 2. The SMILES string of the molecule is CCNC(=O)[C@H]1O[C@@H](n2cnc3c(NCC(c4ccccc4)c4ccccc4)nc(NCCc4nc[nH]n4)nc32)[C@H](O)[C@@H]1O. The number of carbonyl (C=O) groups excluding carboxylic acids is 1. The molecule has 4 atom stereocenters. The lowest BCUT2D eigenvalue weighted by molar-refractivity contribution is -0.137. The monoisotopic (exact) mass is 598 g/mol. The summed E-state index contributed by atoms with van der Waals surface area (Å²) in [7, 11) is 0. The first-order valence-electron chi connectivity index (χ1n) is 14.5. The number of hydrogen-bond acceptors (Lipinski definition) is 11. The van der Waals surface area contributed by atoms with Crippen molar-refractivity contribution in [2.24, 2.45) is 0 Å². The molecule has 1 aliphatic heterocycles. The molecule has 1 aliphatic rings. The molecule has 1 saturated heterocycles. The molecule has 3 aromatic heterocycles. The zero-order valence-corrected chi connectivity index (χ0v) is 24.0. The number of fused-ring (bicyclic) bond motifs is 1. The number of amides is 1. The molecular weight excluding hydrogens is 564 g/mol. The van der Waals surface area contributed by atoms with Crippen molar-refractivity contribution in [2.75, 3.05) is 30.3 Å². The van der Waals surface area contributed by atoms with E-state index in [1.165, 1.54) is 17.2 Å². The normalized spacial score (nSPS) is 19.8. The number of ether oxygens (including phenoxy) is 1. The Labute approximate surface area is 253 Å². The van der Waals surface area contributed by atoms with Crippen molar-refractivity contribution in [2.45, 2.75) is 43.8 Å². The summed E-state index contributed by atoms with van der Waals surface area (Å²) in [6.07, 6.45) is -1.66. The first kappa shape index (κ1) is 29.2. The molecule has 0 unspecified atom stereocenters. The van der Waals surface area contributed by atoms with Crippen LogP contribution in [0.5, 0.6) is 0 Å². The van der Waals surface area contributed by atoms with Gasteiger partial charge in [-0.05, 0) is 18.1 Å². The predicted molar refractivity (Wildman–Crippen MR) is 162 cm³/mol. The molecule has 0 bridgehead atoms. The number of nitrogens with one attached hydrogen (secondary N) is 4. The van der Waals surface area contributed by atoms with Crippen LogP contribution in [0.15, 0.2) is 73.3 Å². The van der Waals surface area contributed by atoms with E-state index in [0.717, 1.165) is 11.1 Å². The second kappa shape index (κ2) is 13.2. The summed E-state index contributed by atoms with van der Waals surface area (Å²) in [6.45, 7) is 3.08. The Bertz CT molecular complexity index is 1630.